The van der Waals surface area contributed by atoms with Crippen molar-refractivity contribution in [2.45, 2.75) is 24.7 Å². The van der Waals surface area contributed by atoms with E-state index in [4.69, 9.17) is 16.7 Å². The van der Waals surface area contributed by atoms with Gasteiger partial charge in [-0.3, -0.25) is 9.10 Å². The number of aryl methyl sites for hydroxylation is 1. The lowest BCUT2D eigenvalue weighted by Gasteiger charge is -2.24. The first-order valence-electron chi connectivity index (χ1n) is 7.37. The lowest BCUT2D eigenvalue weighted by atomic mass is 10.2. The van der Waals surface area contributed by atoms with Crippen LogP contribution in [0.2, 0.25) is 5.02 Å². The molecular weight excluding hydrogens is 350 g/mol. The fraction of sp³-hybridized carbons (Fsp3) is 0.235. The van der Waals surface area contributed by atoms with Gasteiger partial charge < -0.3 is 5.11 Å². The molecule has 5 nitrogen and oxygen atoms in total. The van der Waals surface area contributed by atoms with Gasteiger partial charge >= 0.3 is 5.97 Å². The molecular formula is C17H18ClNO4S. The molecule has 0 unspecified atom stereocenters. The number of carbonyl (C=O) groups is 1. The molecule has 0 aliphatic heterocycles. The van der Waals surface area contributed by atoms with E-state index in [0.29, 0.717) is 10.7 Å². The fourth-order valence-electron chi connectivity index (χ4n) is 2.28. The topological polar surface area (TPSA) is 74.7 Å². The van der Waals surface area contributed by atoms with Crippen molar-refractivity contribution in [3.8, 4) is 0 Å². The summed E-state index contributed by atoms with van der Waals surface area (Å²) < 4.78 is 27.2. The van der Waals surface area contributed by atoms with E-state index in [2.05, 4.69) is 0 Å². The minimum Gasteiger partial charge on any atom is -0.481 e. The highest BCUT2D eigenvalue weighted by Gasteiger charge is 2.25. The minimum absolute atomic E-state index is 0.0840. The maximum absolute atomic E-state index is 13.0. The SMILES string of the molecule is Cc1cccc(N(CCCC(=O)O)S(=O)(=O)c2ccc(Cl)cc2)c1. The van der Waals surface area contributed by atoms with Crippen LogP contribution in [0, 0.1) is 6.92 Å². The molecule has 0 fully saturated rings. The molecule has 0 amide bonds. The number of carboxylic acids is 1. The number of hydrogen-bond acceptors (Lipinski definition) is 3. The quantitative estimate of drug-likeness (QED) is 0.809. The standard InChI is InChI=1S/C17H18ClNO4S/c1-13-4-2-5-15(12-13)19(11-3-6-17(20)21)24(22,23)16-9-7-14(18)8-10-16/h2,4-5,7-10,12H,3,6,11H2,1H3,(H,20,21). The maximum atomic E-state index is 13.0. The van der Waals surface area contributed by atoms with Crippen LogP contribution in [-0.2, 0) is 14.8 Å². The molecule has 0 spiro atoms. The molecule has 0 bridgehead atoms. The first kappa shape index (κ1) is 18.3. The van der Waals surface area contributed by atoms with Gasteiger partial charge in [0.15, 0.2) is 0 Å². The van der Waals surface area contributed by atoms with Gasteiger partial charge in [0, 0.05) is 18.0 Å². The van der Waals surface area contributed by atoms with Gasteiger partial charge in [-0.1, -0.05) is 23.7 Å². The van der Waals surface area contributed by atoms with E-state index in [-0.39, 0.29) is 24.3 Å². The predicted octanol–water partition coefficient (Wildman–Crippen LogP) is 3.71. The number of carboxylic acid groups (broad SMARTS) is 1. The summed E-state index contributed by atoms with van der Waals surface area (Å²) in [7, 11) is -3.80. The largest absolute Gasteiger partial charge is 0.481 e. The number of anilines is 1. The second kappa shape index (κ2) is 7.68. The molecule has 0 aromatic heterocycles. The zero-order chi connectivity index (χ0) is 17.7. The number of nitrogens with zero attached hydrogens (tertiary/aromatic N) is 1. The van der Waals surface area contributed by atoms with Crippen molar-refractivity contribution in [3.05, 3.63) is 59.1 Å². The predicted molar refractivity (Wildman–Crippen MR) is 94.0 cm³/mol. The summed E-state index contributed by atoms with van der Waals surface area (Å²) in [6.07, 6.45) is 0.120. The van der Waals surface area contributed by atoms with Crippen LogP contribution in [0.4, 0.5) is 5.69 Å². The van der Waals surface area contributed by atoms with Crippen LogP contribution in [0.3, 0.4) is 0 Å². The highest BCUT2D eigenvalue weighted by Crippen LogP contribution is 2.26. The molecule has 7 heteroatoms. The minimum atomic E-state index is -3.80. The van der Waals surface area contributed by atoms with Gasteiger partial charge in [-0.15, -0.1) is 0 Å². The molecule has 0 atom stereocenters. The summed E-state index contributed by atoms with van der Waals surface area (Å²) in [6, 6.07) is 13.0. The first-order valence-corrected chi connectivity index (χ1v) is 9.19. The third kappa shape index (κ3) is 4.49. The summed E-state index contributed by atoms with van der Waals surface area (Å²) in [5.74, 6) is -0.955. The van der Waals surface area contributed by atoms with Crippen molar-refractivity contribution in [2.24, 2.45) is 0 Å². The van der Waals surface area contributed by atoms with Crippen LogP contribution in [0.5, 0.6) is 0 Å². The summed E-state index contributed by atoms with van der Waals surface area (Å²) in [6.45, 7) is 1.95. The van der Waals surface area contributed by atoms with Crippen molar-refractivity contribution in [1.82, 2.24) is 0 Å². The second-order valence-electron chi connectivity index (χ2n) is 5.37. The Morgan fingerprint density at radius 3 is 2.42 bits per heavy atom. The molecule has 2 aromatic carbocycles. The average molecular weight is 368 g/mol. The fourth-order valence-corrected chi connectivity index (χ4v) is 3.90. The van der Waals surface area contributed by atoms with E-state index in [0.717, 1.165) is 5.56 Å². The van der Waals surface area contributed by atoms with Crippen molar-refractivity contribution < 1.29 is 18.3 Å². The van der Waals surface area contributed by atoms with Gasteiger partial charge in [0.25, 0.3) is 10.0 Å². The van der Waals surface area contributed by atoms with Crippen molar-refractivity contribution in [1.29, 1.82) is 0 Å². The Morgan fingerprint density at radius 2 is 1.83 bits per heavy atom. The number of halogens is 1. The molecule has 0 radical (unpaired) electrons. The summed E-state index contributed by atoms with van der Waals surface area (Å²) >= 11 is 5.82. The Hall–Kier alpha value is -2.05. The Morgan fingerprint density at radius 1 is 1.17 bits per heavy atom. The van der Waals surface area contributed by atoms with Crippen LogP contribution in [-0.4, -0.2) is 26.0 Å². The van der Waals surface area contributed by atoms with Gasteiger partial charge in [-0.2, -0.15) is 0 Å². The Labute approximate surface area is 146 Å². The lowest BCUT2D eigenvalue weighted by molar-refractivity contribution is -0.137. The van der Waals surface area contributed by atoms with Gasteiger partial charge in [0.05, 0.1) is 10.6 Å². The third-order valence-corrected chi connectivity index (χ3v) is 5.54. The molecule has 0 heterocycles. The van der Waals surface area contributed by atoms with E-state index in [1.54, 1.807) is 18.2 Å². The van der Waals surface area contributed by atoms with Gasteiger partial charge in [-0.25, -0.2) is 8.42 Å². The molecule has 128 valence electrons. The van der Waals surface area contributed by atoms with Gasteiger partial charge in [0.1, 0.15) is 0 Å². The summed E-state index contributed by atoms with van der Waals surface area (Å²) in [5, 5.41) is 9.26. The van der Waals surface area contributed by atoms with Crippen LogP contribution in [0.25, 0.3) is 0 Å². The molecule has 2 aromatic rings. The zero-order valence-corrected chi connectivity index (χ0v) is 14.7. The Balaban J connectivity index is 2.40. The van der Waals surface area contributed by atoms with Crippen molar-refractivity contribution in [3.63, 3.8) is 0 Å². The third-order valence-electron chi connectivity index (χ3n) is 3.44. The Bertz CT molecular complexity index is 819. The van der Waals surface area contributed by atoms with Crippen LogP contribution in [0.1, 0.15) is 18.4 Å². The van der Waals surface area contributed by atoms with Crippen LogP contribution in [0.15, 0.2) is 53.4 Å². The molecule has 24 heavy (non-hydrogen) atoms. The average Bonchev–Trinajstić information content (AvgIpc) is 2.51. The van der Waals surface area contributed by atoms with E-state index in [1.807, 2.05) is 13.0 Å². The number of rotatable bonds is 7. The van der Waals surface area contributed by atoms with Crippen molar-refractivity contribution >= 4 is 33.3 Å². The monoisotopic (exact) mass is 367 g/mol. The highest BCUT2D eigenvalue weighted by atomic mass is 35.5. The Kier molecular flexibility index (Phi) is 5.85. The number of sulfonamides is 1. The van der Waals surface area contributed by atoms with E-state index in [9.17, 15) is 13.2 Å². The molecule has 0 saturated heterocycles. The van der Waals surface area contributed by atoms with E-state index in [1.165, 1.54) is 28.6 Å². The lowest BCUT2D eigenvalue weighted by Crippen LogP contribution is -2.32. The van der Waals surface area contributed by atoms with Crippen LogP contribution >= 0.6 is 11.6 Å². The van der Waals surface area contributed by atoms with E-state index < -0.39 is 16.0 Å². The second-order valence-corrected chi connectivity index (χ2v) is 7.67. The molecule has 2 rings (SSSR count). The first-order chi connectivity index (χ1) is 11.3. The maximum Gasteiger partial charge on any atom is 0.303 e. The number of aliphatic carboxylic acids is 1. The number of hydrogen-bond donors (Lipinski definition) is 1. The zero-order valence-electron chi connectivity index (χ0n) is 13.1. The molecule has 0 saturated carbocycles. The van der Waals surface area contributed by atoms with Gasteiger partial charge in [0.2, 0.25) is 0 Å². The van der Waals surface area contributed by atoms with Gasteiger partial charge in [-0.05, 0) is 55.3 Å². The smallest absolute Gasteiger partial charge is 0.303 e. The van der Waals surface area contributed by atoms with Crippen molar-refractivity contribution in [2.75, 3.05) is 10.8 Å². The molecule has 0 aliphatic carbocycles. The summed E-state index contributed by atoms with van der Waals surface area (Å²) in [5.41, 5.74) is 1.43. The molecule has 1 N–H and O–H groups in total. The van der Waals surface area contributed by atoms with Crippen LogP contribution < -0.4 is 4.31 Å². The number of benzene rings is 2. The molecule has 0 aliphatic rings. The summed E-state index contributed by atoms with van der Waals surface area (Å²) in [4.78, 5) is 10.9. The van der Waals surface area contributed by atoms with E-state index >= 15 is 0 Å². The normalized spacial score (nSPS) is 11.2. The highest BCUT2D eigenvalue weighted by molar-refractivity contribution is 7.92.